The predicted molar refractivity (Wildman–Crippen MR) is 73.3 cm³/mol. The SMILES string of the molecule is CCC1CCC(NC(=O)c2c(O)cccc2O)CC1. The smallest absolute Gasteiger partial charge is 0.259 e. The van der Waals surface area contributed by atoms with E-state index >= 15 is 0 Å². The predicted octanol–water partition coefficient (Wildman–Crippen LogP) is 2.80. The third-order valence-electron chi connectivity index (χ3n) is 4.01. The Morgan fingerprint density at radius 1 is 1.21 bits per heavy atom. The third kappa shape index (κ3) is 3.19. The number of carbonyl (C=O) groups excluding carboxylic acids is 1. The van der Waals surface area contributed by atoms with Crippen LogP contribution in [0.3, 0.4) is 0 Å². The number of benzene rings is 1. The summed E-state index contributed by atoms with van der Waals surface area (Å²) in [5.74, 6) is 0.0155. The molecule has 0 aliphatic heterocycles. The van der Waals surface area contributed by atoms with E-state index in [1.807, 2.05) is 0 Å². The van der Waals surface area contributed by atoms with Gasteiger partial charge in [-0.15, -0.1) is 0 Å². The van der Waals surface area contributed by atoms with E-state index in [0.717, 1.165) is 31.6 Å². The van der Waals surface area contributed by atoms with Crippen LogP contribution in [0.5, 0.6) is 11.5 Å². The Hall–Kier alpha value is -1.71. The van der Waals surface area contributed by atoms with Crippen molar-refractivity contribution >= 4 is 5.91 Å². The van der Waals surface area contributed by atoms with E-state index in [0.29, 0.717) is 0 Å². The first kappa shape index (κ1) is 13.7. The van der Waals surface area contributed by atoms with Gasteiger partial charge in [-0.3, -0.25) is 4.79 Å². The van der Waals surface area contributed by atoms with E-state index in [-0.39, 0.29) is 23.1 Å². The highest BCUT2D eigenvalue weighted by atomic mass is 16.3. The highest BCUT2D eigenvalue weighted by Crippen LogP contribution is 2.29. The van der Waals surface area contributed by atoms with Gasteiger partial charge in [-0.2, -0.15) is 0 Å². The standard InChI is InChI=1S/C15H21NO3/c1-2-10-6-8-11(9-7-10)16-15(19)14-12(17)4-3-5-13(14)18/h3-5,10-11,17-18H,2,6-9H2,1H3,(H,16,19). The molecule has 1 aromatic rings. The Bertz CT molecular complexity index is 430. The summed E-state index contributed by atoms with van der Waals surface area (Å²) in [7, 11) is 0. The fraction of sp³-hybridized carbons (Fsp3) is 0.533. The van der Waals surface area contributed by atoms with Crippen molar-refractivity contribution in [1.82, 2.24) is 5.32 Å². The maximum absolute atomic E-state index is 12.1. The van der Waals surface area contributed by atoms with Gasteiger partial charge in [0, 0.05) is 6.04 Å². The molecule has 1 aliphatic rings. The Kier molecular flexibility index (Phi) is 4.30. The molecule has 1 aliphatic carbocycles. The van der Waals surface area contributed by atoms with Crippen LogP contribution in [0, 0.1) is 5.92 Å². The monoisotopic (exact) mass is 263 g/mol. The molecule has 1 amide bonds. The molecule has 0 bridgehead atoms. The molecule has 2 rings (SSSR count). The minimum absolute atomic E-state index is 0.0277. The van der Waals surface area contributed by atoms with Gasteiger partial charge in [0.15, 0.2) is 0 Å². The molecule has 4 nitrogen and oxygen atoms in total. The molecule has 1 aromatic carbocycles. The second kappa shape index (κ2) is 5.95. The lowest BCUT2D eigenvalue weighted by Gasteiger charge is -2.28. The van der Waals surface area contributed by atoms with Crippen LogP contribution in [0.25, 0.3) is 0 Å². The van der Waals surface area contributed by atoms with Crippen molar-refractivity contribution in [3.63, 3.8) is 0 Å². The average molecular weight is 263 g/mol. The number of hydrogen-bond acceptors (Lipinski definition) is 3. The van der Waals surface area contributed by atoms with Crippen molar-refractivity contribution in [2.45, 2.75) is 45.1 Å². The summed E-state index contributed by atoms with van der Waals surface area (Å²) in [5.41, 5.74) is -0.0277. The second-order valence-corrected chi connectivity index (χ2v) is 5.27. The Balaban J connectivity index is 1.98. The lowest BCUT2D eigenvalue weighted by atomic mass is 9.84. The molecule has 104 valence electrons. The highest BCUT2D eigenvalue weighted by molar-refractivity contribution is 5.99. The molecule has 0 saturated heterocycles. The van der Waals surface area contributed by atoms with Gasteiger partial charge in [0.1, 0.15) is 17.1 Å². The van der Waals surface area contributed by atoms with E-state index in [1.165, 1.54) is 24.6 Å². The quantitative estimate of drug-likeness (QED) is 0.785. The second-order valence-electron chi connectivity index (χ2n) is 5.27. The molecule has 0 unspecified atom stereocenters. The summed E-state index contributed by atoms with van der Waals surface area (Å²) in [6.07, 6.45) is 5.40. The summed E-state index contributed by atoms with van der Waals surface area (Å²) < 4.78 is 0. The van der Waals surface area contributed by atoms with Crippen LogP contribution in [-0.4, -0.2) is 22.2 Å². The van der Waals surface area contributed by atoms with Gasteiger partial charge in [-0.05, 0) is 43.7 Å². The number of hydrogen-bond donors (Lipinski definition) is 3. The molecule has 1 saturated carbocycles. The number of nitrogens with one attached hydrogen (secondary N) is 1. The number of aromatic hydroxyl groups is 2. The first-order valence-corrected chi connectivity index (χ1v) is 6.93. The van der Waals surface area contributed by atoms with Gasteiger partial charge in [0.25, 0.3) is 5.91 Å². The zero-order valence-corrected chi connectivity index (χ0v) is 11.2. The molecular formula is C15H21NO3. The molecule has 0 heterocycles. The van der Waals surface area contributed by atoms with Gasteiger partial charge < -0.3 is 15.5 Å². The minimum atomic E-state index is -0.393. The Labute approximate surface area is 113 Å². The lowest BCUT2D eigenvalue weighted by Crippen LogP contribution is -2.37. The number of carbonyl (C=O) groups is 1. The highest BCUT2D eigenvalue weighted by Gasteiger charge is 2.23. The molecule has 0 aromatic heterocycles. The fourth-order valence-corrected chi connectivity index (χ4v) is 2.73. The first-order valence-electron chi connectivity index (χ1n) is 6.93. The Morgan fingerprint density at radius 3 is 2.32 bits per heavy atom. The topological polar surface area (TPSA) is 69.6 Å². The zero-order valence-electron chi connectivity index (χ0n) is 11.2. The van der Waals surface area contributed by atoms with Gasteiger partial charge in [0.2, 0.25) is 0 Å². The van der Waals surface area contributed by atoms with E-state index in [2.05, 4.69) is 12.2 Å². The molecular weight excluding hydrogens is 242 g/mol. The maximum atomic E-state index is 12.1. The molecule has 1 fully saturated rings. The van der Waals surface area contributed by atoms with Crippen LogP contribution >= 0.6 is 0 Å². The zero-order chi connectivity index (χ0) is 13.8. The van der Waals surface area contributed by atoms with E-state index in [4.69, 9.17) is 0 Å². The molecule has 0 spiro atoms. The molecule has 19 heavy (non-hydrogen) atoms. The van der Waals surface area contributed by atoms with Gasteiger partial charge in [0.05, 0.1) is 0 Å². The van der Waals surface area contributed by atoms with Crippen molar-refractivity contribution in [3.05, 3.63) is 23.8 Å². The number of rotatable bonds is 3. The van der Waals surface area contributed by atoms with Crippen LogP contribution in [0.2, 0.25) is 0 Å². The summed E-state index contributed by atoms with van der Waals surface area (Å²) >= 11 is 0. The Morgan fingerprint density at radius 2 is 1.79 bits per heavy atom. The number of phenols is 2. The van der Waals surface area contributed by atoms with Gasteiger partial charge in [-0.1, -0.05) is 19.4 Å². The fourth-order valence-electron chi connectivity index (χ4n) is 2.73. The summed E-state index contributed by atoms with van der Waals surface area (Å²) in [5, 5.41) is 22.2. The lowest BCUT2D eigenvalue weighted by molar-refractivity contribution is 0.0916. The van der Waals surface area contributed by atoms with Crippen LogP contribution < -0.4 is 5.32 Å². The van der Waals surface area contributed by atoms with E-state index < -0.39 is 5.91 Å². The summed E-state index contributed by atoms with van der Waals surface area (Å²) in [6, 6.07) is 4.47. The van der Waals surface area contributed by atoms with E-state index in [1.54, 1.807) is 0 Å². The minimum Gasteiger partial charge on any atom is -0.507 e. The molecule has 0 radical (unpaired) electrons. The maximum Gasteiger partial charge on any atom is 0.259 e. The van der Waals surface area contributed by atoms with Crippen molar-refractivity contribution in [3.8, 4) is 11.5 Å². The first-order chi connectivity index (χ1) is 9.11. The van der Waals surface area contributed by atoms with Crippen LogP contribution in [-0.2, 0) is 0 Å². The number of amides is 1. The molecule has 4 heteroatoms. The van der Waals surface area contributed by atoms with E-state index in [9.17, 15) is 15.0 Å². The van der Waals surface area contributed by atoms with Crippen LogP contribution in [0.15, 0.2) is 18.2 Å². The van der Waals surface area contributed by atoms with Crippen molar-refractivity contribution in [2.75, 3.05) is 0 Å². The van der Waals surface area contributed by atoms with Gasteiger partial charge in [-0.25, -0.2) is 0 Å². The average Bonchev–Trinajstić information content (AvgIpc) is 2.39. The van der Waals surface area contributed by atoms with Crippen molar-refractivity contribution in [2.24, 2.45) is 5.92 Å². The van der Waals surface area contributed by atoms with Crippen LogP contribution in [0.4, 0.5) is 0 Å². The summed E-state index contributed by atoms with van der Waals surface area (Å²) in [4.78, 5) is 12.1. The largest absolute Gasteiger partial charge is 0.507 e. The molecule has 0 atom stereocenters. The third-order valence-corrected chi connectivity index (χ3v) is 4.01. The van der Waals surface area contributed by atoms with Crippen molar-refractivity contribution in [1.29, 1.82) is 0 Å². The number of phenolic OH excluding ortho intramolecular Hbond substituents is 2. The summed E-state index contributed by atoms with van der Waals surface area (Å²) in [6.45, 7) is 2.20. The normalized spacial score (nSPS) is 23.0. The van der Waals surface area contributed by atoms with Crippen LogP contribution in [0.1, 0.15) is 49.4 Å². The van der Waals surface area contributed by atoms with Crippen molar-refractivity contribution < 1.29 is 15.0 Å². The van der Waals surface area contributed by atoms with Gasteiger partial charge >= 0.3 is 0 Å². The molecule has 3 N–H and O–H groups in total.